The van der Waals surface area contributed by atoms with Crippen LogP contribution in [0.5, 0.6) is 0 Å². The van der Waals surface area contributed by atoms with Gasteiger partial charge in [0.25, 0.3) is 0 Å². The Hall–Kier alpha value is -1.14. The second kappa shape index (κ2) is 6.34. The van der Waals surface area contributed by atoms with E-state index in [4.69, 9.17) is 10.5 Å². The van der Waals surface area contributed by atoms with E-state index in [1.165, 1.54) is 0 Å². The Balaban J connectivity index is 2.65. The molecule has 1 unspecified atom stereocenters. The van der Waals surface area contributed by atoms with Crippen LogP contribution in [-0.2, 0) is 14.3 Å². The zero-order valence-corrected chi connectivity index (χ0v) is 11.7. The predicted molar refractivity (Wildman–Crippen MR) is 70.6 cm³/mol. The van der Waals surface area contributed by atoms with Crippen LogP contribution < -0.4 is 11.1 Å². The lowest BCUT2D eigenvalue weighted by Gasteiger charge is -2.35. The van der Waals surface area contributed by atoms with Crippen LogP contribution in [0, 0.1) is 10.8 Å². The minimum Gasteiger partial charge on any atom is -0.481 e. The Bertz CT molecular complexity index is 340. The molecule has 4 N–H and O–H groups in total. The summed E-state index contributed by atoms with van der Waals surface area (Å²) in [7, 11) is 0. The maximum atomic E-state index is 12.3. The maximum Gasteiger partial charge on any atom is 0.311 e. The number of ether oxygens (including phenoxy) is 1. The number of carbonyl (C=O) groups excluding carboxylic acids is 1. The molecular formula is C13H24N2O4. The van der Waals surface area contributed by atoms with Gasteiger partial charge in [0.2, 0.25) is 5.91 Å². The first kappa shape index (κ1) is 15.9. The number of carboxylic acids is 1. The number of hydrogen-bond donors (Lipinski definition) is 3. The van der Waals surface area contributed by atoms with Crippen LogP contribution in [0.15, 0.2) is 0 Å². The van der Waals surface area contributed by atoms with Crippen LogP contribution in [0.25, 0.3) is 0 Å². The van der Waals surface area contributed by atoms with Crippen molar-refractivity contribution in [2.75, 3.05) is 26.3 Å². The highest BCUT2D eigenvalue weighted by atomic mass is 16.5. The summed E-state index contributed by atoms with van der Waals surface area (Å²) in [4.78, 5) is 23.5. The third-order valence-corrected chi connectivity index (χ3v) is 4.26. The monoisotopic (exact) mass is 272 g/mol. The fraction of sp³-hybridized carbons (Fsp3) is 0.846. The Morgan fingerprint density at radius 3 is 2.42 bits per heavy atom. The van der Waals surface area contributed by atoms with E-state index in [0.717, 1.165) is 0 Å². The number of nitrogens with one attached hydrogen (secondary N) is 1. The van der Waals surface area contributed by atoms with Gasteiger partial charge in [-0.1, -0.05) is 6.92 Å². The Kier molecular flexibility index (Phi) is 5.31. The smallest absolute Gasteiger partial charge is 0.311 e. The lowest BCUT2D eigenvalue weighted by atomic mass is 9.78. The van der Waals surface area contributed by atoms with E-state index < -0.39 is 16.8 Å². The summed E-state index contributed by atoms with van der Waals surface area (Å²) in [5, 5.41) is 11.9. The molecule has 0 bridgehead atoms. The molecular weight excluding hydrogens is 248 g/mol. The van der Waals surface area contributed by atoms with E-state index in [9.17, 15) is 14.7 Å². The van der Waals surface area contributed by atoms with E-state index in [1.54, 1.807) is 13.8 Å². The van der Waals surface area contributed by atoms with Crippen LogP contribution >= 0.6 is 0 Å². The van der Waals surface area contributed by atoms with Gasteiger partial charge in [0.05, 0.1) is 10.8 Å². The van der Waals surface area contributed by atoms with Gasteiger partial charge in [-0.2, -0.15) is 0 Å². The molecule has 110 valence electrons. The predicted octanol–water partition coefficient (Wildman–Crippen LogP) is 0.359. The molecule has 0 aromatic rings. The average molecular weight is 272 g/mol. The molecule has 1 saturated heterocycles. The van der Waals surface area contributed by atoms with Crippen molar-refractivity contribution in [2.45, 2.75) is 33.1 Å². The van der Waals surface area contributed by atoms with Crippen molar-refractivity contribution in [3.63, 3.8) is 0 Å². The van der Waals surface area contributed by atoms with E-state index in [0.29, 0.717) is 32.5 Å². The minimum absolute atomic E-state index is 0.125. The van der Waals surface area contributed by atoms with Crippen LogP contribution in [0.3, 0.4) is 0 Å². The zero-order valence-electron chi connectivity index (χ0n) is 11.7. The number of amides is 1. The average Bonchev–Trinajstić information content (AvgIpc) is 2.44. The third kappa shape index (κ3) is 3.45. The maximum absolute atomic E-state index is 12.3. The van der Waals surface area contributed by atoms with Gasteiger partial charge in [-0.25, -0.2) is 0 Å². The summed E-state index contributed by atoms with van der Waals surface area (Å²) >= 11 is 0. The molecule has 6 heteroatoms. The van der Waals surface area contributed by atoms with Crippen molar-refractivity contribution < 1.29 is 19.4 Å². The fourth-order valence-electron chi connectivity index (χ4n) is 2.10. The van der Waals surface area contributed by atoms with Gasteiger partial charge in [0.15, 0.2) is 0 Å². The number of carboxylic acid groups (broad SMARTS) is 1. The number of aliphatic carboxylic acids is 1. The summed E-state index contributed by atoms with van der Waals surface area (Å²) in [6.45, 7) is 4.86. The first-order valence-corrected chi connectivity index (χ1v) is 6.70. The van der Waals surface area contributed by atoms with Crippen molar-refractivity contribution in [3.05, 3.63) is 0 Å². The molecule has 1 heterocycles. The molecule has 6 nitrogen and oxygen atoms in total. The standard InChI is InChI=1S/C13H24N2O4/c1-3-12(2,11(17)18)9-15-10(16)13(8-14)4-6-19-7-5-13/h3-9,14H2,1-2H3,(H,15,16)(H,17,18). The van der Waals surface area contributed by atoms with Gasteiger partial charge in [0.1, 0.15) is 0 Å². The summed E-state index contributed by atoms with van der Waals surface area (Å²) in [5.41, 5.74) is 4.20. The van der Waals surface area contributed by atoms with Crippen LogP contribution in [0.2, 0.25) is 0 Å². The Labute approximate surface area is 113 Å². The van der Waals surface area contributed by atoms with Gasteiger partial charge < -0.3 is 20.9 Å². The fourth-order valence-corrected chi connectivity index (χ4v) is 2.10. The van der Waals surface area contributed by atoms with Crippen molar-refractivity contribution in [1.82, 2.24) is 5.32 Å². The topological polar surface area (TPSA) is 102 Å². The number of carbonyl (C=O) groups is 2. The molecule has 19 heavy (non-hydrogen) atoms. The number of hydrogen-bond acceptors (Lipinski definition) is 4. The molecule has 0 radical (unpaired) electrons. The van der Waals surface area contributed by atoms with Gasteiger partial charge >= 0.3 is 5.97 Å². The first-order valence-electron chi connectivity index (χ1n) is 6.70. The molecule has 1 amide bonds. The molecule has 0 aromatic carbocycles. The lowest BCUT2D eigenvalue weighted by molar-refractivity contribution is -0.148. The molecule has 0 saturated carbocycles. The molecule has 1 aliphatic heterocycles. The van der Waals surface area contributed by atoms with Crippen molar-refractivity contribution in [3.8, 4) is 0 Å². The Morgan fingerprint density at radius 2 is 2.00 bits per heavy atom. The highest BCUT2D eigenvalue weighted by molar-refractivity contribution is 5.84. The summed E-state index contributed by atoms with van der Waals surface area (Å²) in [6.07, 6.45) is 1.64. The van der Waals surface area contributed by atoms with Gasteiger partial charge in [-0.3, -0.25) is 9.59 Å². The highest BCUT2D eigenvalue weighted by Gasteiger charge is 2.40. The highest BCUT2D eigenvalue weighted by Crippen LogP contribution is 2.30. The zero-order chi connectivity index (χ0) is 14.5. The molecule has 1 atom stereocenters. The minimum atomic E-state index is -0.934. The number of rotatable bonds is 6. The second-order valence-corrected chi connectivity index (χ2v) is 5.50. The van der Waals surface area contributed by atoms with E-state index >= 15 is 0 Å². The van der Waals surface area contributed by atoms with Crippen molar-refractivity contribution in [1.29, 1.82) is 0 Å². The normalized spacial score (nSPS) is 21.4. The summed E-state index contributed by atoms with van der Waals surface area (Å²) in [6, 6.07) is 0. The van der Waals surface area contributed by atoms with Crippen LogP contribution in [0.4, 0.5) is 0 Å². The van der Waals surface area contributed by atoms with Crippen LogP contribution in [0.1, 0.15) is 33.1 Å². The second-order valence-electron chi connectivity index (χ2n) is 5.50. The van der Waals surface area contributed by atoms with E-state index in [-0.39, 0.29) is 19.0 Å². The lowest BCUT2D eigenvalue weighted by Crippen LogP contribution is -2.52. The van der Waals surface area contributed by atoms with Gasteiger partial charge in [-0.05, 0) is 26.2 Å². The molecule has 0 spiro atoms. The van der Waals surface area contributed by atoms with Gasteiger partial charge in [-0.15, -0.1) is 0 Å². The van der Waals surface area contributed by atoms with E-state index in [2.05, 4.69) is 5.32 Å². The first-order chi connectivity index (χ1) is 8.90. The van der Waals surface area contributed by atoms with Gasteiger partial charge in [0, 0.05) is 26.3 Å². The SMILES string of the molecule is CCC(C)(CNC(=O)C1(CN)CCOCC1)C(=O)O. The largest absolute Gasteiger partial charge is 0.481 e. The Morgan fingerprint density at radius 1 is 1.42 bits per heavy atom. The third-order valence-electron chi connectivity index (χ3n) is 4.26. The molecule has 1 aliphatic rings. The molecule has 1 fully saturated rings. The van der Waals surface area contributed by atoms with E-state index in [1.807, 2.05) is 0 Å². The molecule has 0 aliphatic carbocycles. The summed E-state index contributed by atoms with van der Waals surface area (Å²) < 4.78 is 5.25. The molecule has 0 aromatic heterocycles. The van der Waals surface area contributed by atoms with Crippen molar-refractivity contribution in [2.24, 2.45) is 16.6 Å². The van der Waals surface area contributed by atoms with Crippen LogP contribution in [-0.4, -0.2) is 43.3 Å². The quantitative estimate of drug-likeness (QED) is 0.648. The summed E-state index contributed by atoms with van der Waals surface area (Å²) in [5.74, 6) is -1.05. The molecule has 1 rings (SSSR count). The van der Waals surface area contributed by atoms with Crippen molar-refractivity contribution >= 4 is 11.9 Å². The number of nitrogens with two attached hydrogens (primary N) is 1.